The Morgan fingerprint density at radius 3 is 3.27 bits per heavy atom. The molecule has 0 radical (unpaired) electrons. The number of rotatable bonds is 0. The summed E-state index contributed by atoms with van der Waals surface area (Å²) in [6.45, 7) is 2.05. The molecule has 0 spiro atoms. The second kappa shape index (κ2) is 2.93. The molecule has 1 atom stereocenters. The normalized spacial score (nSPS) is 28.4. The number of fused-ring (bicyclic) bond motifs is 1. The Kier molecular flexibility index (Phi) is 1.78. The van der Waals surface area contributed by atoms with E-state index >= 15 is 0 Å². The molecule has 2 N–H and O–H groups in total. The van der Waals surface area contributed by atoms with Crippen molar-refractivity contribution in [2.75, 3.05) is 13.1 Å². The minimum absolute atomic E-state index is 0.426. The molecule has 0 aromatic carbocycles. The van der Waals surface area contributed by atoms with Crippen molar-refractivity contribution in [3.8, 4) is 0 Å². The van der Waals surface area contributed by atoms with Crippen LogP contribution in [0.2, 0.25) is 0 Å². The molecule has 1 unspecified atom stereocenters. The van der Waals surface area contributed by atoms with Crippen molar-refractivity contribution in [3.05, 3.63) is 36.1 Å². The van der Waals surface area contributed by atoms with Gasteiger partial charge in [0.05, 0.1) is 6.04 Å². The fraction of sp³-hybridized carbons (Fsp3) is 0.333. The average Bonchev–Trinajstić information content (AvgIpc) is 2.28. The van der Waals surface area contributed by atoms with Gasteiger partial charge in [0.15, 0.2) is 0 Å². The standard InChI is InChI=1S/C9H12N2/c1-2-4-9-8(3-1)7-10-5-6-11-9/h1-4,7,9-11H,5-6H2. The predicted molar refractivity (Wildman–Crippen MR) is 46.2 cm³/mol. The molecule has 0 saturated carbocycles. The molecule has 0 amide bonds. The lowest BCUT2D eigenvalue weighted by Crippen LogP contribution is -2.30. The van der Waals surface area contributed by atoms with Crippen molar-refractivity contribution >= 4 is 0 Å². The van der Waals surface area contributed by atoms with Crippen LogP contribution in [0.25, 0.3) is 0 Å². The van der Waals surface area contributed by atoms with Gasteiger partial charge in [-0.05, 0) is 5.57 Å². The van der Waals surface area contributed by atoms with Gasteiger partial charge in [0.1, 0.15) is 0 Å². The summed E-state index contributed by atoms with van der Waals surface area (Å²) in [6.07, 6.45) is 10.6. The minimum atomic E-state index is 0.426. The second-order valence-electron chi connectivity index (χ2n) is 2.77. The molecule has 58 valence electrons. The number of hydrogen-bond donors (Lipinski definition) is 2. The molecule has 2 nitrogen and oxygen atoms in total. The Morgan fingerprint density at radius 1 is 1.27 bits per heavy atom. The lowest BCUT2D eigenvalue weighted by atomic mass is 10.0. The largest absolute Gasteiger partial charge is 0.389 e. The highest BCUT2D eigenvalue weighted by Crippen LogP contribution is 2.11. The van der Waals surface area contributed by atoms with Crippen molar-refractivity contribution < 1.29 is 0 Å². The Hall–Kier alpha value is -1.02. The summed E-state index contributed by atoms with van der Waals surface area (Å²) in [4.78, 5) is 0. The lowest BCUT2D eigenvalue weighted by molar-refractivity contribution is 0.664. The fourth-order valence-corrected chi connectivity index (χ4v) is 1.37. The molecule has 1 aliphatic heterocycles. The van der Waals surface area contributed by atoms with Gasteiger partial charge in [-0.25, -0.2) is 0 Å². The summed E-state index contributed by atoms with van der Waals surface area (Å²) in [5.74, 6) is 0. The molecule has 0 bridgehead atoms. The van der Waals surface area contributed by atoms with Gasteiger partial charge in [0, 0.05) is 19.3 Å². The number of nitrogens with one attached hydrogen (secondary N) is 2. The van der Waals surface area contributed by atoms with E-state index in [1.165, 1.54) is 5.57 Å². The summed E-state index contributed by atoms with van der Waals surface area (Å²) in [5, 5.41) is 6.65. The molecular formula is C9H12N2. The van der Waals surface area contributed by atoms with Gasteiger partial charge in [0.25, 0.3) is 0 Å². The maximum atomic E-state index is 3.41. The Bertz CT molecular complexity index is 226. The zero-order valence-corrected chi connectivity index (χ0v) is 6.38. The summed E-state index contributed by atoms with van der Waals surface area (Å²) < 4.78 is 0. The van der Waals surface area contributed by atoms with Gasteiger partial charge in [0.2, 0.25) is 0 Å². The second-order valence-corrected chi connectivity index (χ2v) is 2.77. The van der Waals surface area contributed by atoms with Crippen molar-refractivity contribution in [2.45, 2.75) is 6.04 Å². The van der Waals surface area contributed by atoms with Crippen LogP contribution in [0, 0.1) is 0 Å². The van der Waals surface area contributed by atoms with Crippen LogP contribution < -0.4 is 10.6 Å². The SMILES string of the molecule is C1=CC2=CNCCNC2C=C1. The van der Waals surface area contributed by atoms with E-state index in [1.807, 2.05) is 0 Å². The van der Waals surface area contributed by atoms with E-state index in [9.17, 15) is 0 Å². The van der Waals surface area contributed by atoms with E-state index in [2.05, 4.69) is 41.1 Å². The zero-order valence-electron chi connectivity index (χ0n) is 6.38. The molecular weight excluding hydrogens is 136 g/mol. The van der Waals surface area contributed by atoms with Crippen LogP contribution in [0.3, 0.4) is 0 Å². The smallest absolute Gasteiger partial charge is 0.0524 e. The summed E-state index contributed by atoms with van der Waals surface area (Å²) in [5.41, 5.74) is 1.32. The van der Waals surface area contributed by atoms with Gasteiger partial charge >= 0.3 is 0 Å². The molecule has 11 heavy (non-hydrogen) atoms. The summed E-state index contributed by atoms with van der Waals surface area (Å²) in [7, 11) is 0. The van der Waals surface area contributed by atoms with Gasteiger partial charge < -0.3 is 10.6 Å². The maximum Gasteiger partial charge on any atom is 0.0524 e. The topological polar surface area (TPSA) is 24.1 Å². The van der Waals surface area contributed by atoms with Gasteiger partial charge in [-0.3, -0.25) is 0 Å². The van der Waals surface area contributed by atoms with Crippen LogP contribution in [0.1, 0.15) is 0 Å². The van der Waals surface area contributed by atoms with Crippen molar-refractivity contribution in [1.82, 2.24) is 10.6 Å². The lowest BCUT2D eigenvalue weighted by Gasteiger charge is -2.14. The molecule has 0 aromatic heterocycles. The summed E-state index contributed by atoms with van der Waals surface area (Å²) >= 11 is 0. The molecule has 2 rings (SSSR count). The van der Waals surface area contributed by atoms with Gasteiger partial charge in [-0.15, -0.1) is 0 Å². The van der Waals surface area contributed by atoms with Crippen LogP contribution in [0.5, 0.6) is 0 Å². The number of allylic oxidation sites excluding steroid dienone is 2. The number of hydrogen-bond acceptors (Lipinski definition) is 2. The van der Waals surface area contributed by atoms with Crippen molar-refractivity contribution in [1.29, 1.82) is 0 Å². The average molecular weight is 148 g/mol. The quantitative estimate of drug-likeness (QED) is 0.524. The van der Waals surface area contributed by atoms with Crippen LogP contribution in [-0.2, 0) is 0 Å². The van der Waals surface area contributed by atoms with Crippen LogP contribution in [0.15, 0.2) is 36.1 Å². The summed E-state index contributed by atoms with van der Waals surface area (Å²) in [6, 6.07) is 0.426. The first-order chi connectivity index (χ1) is 5.47. The van der Waals surface area contributed by atoms with Crippen LogP contribution >= 0.6 is 0 Å². The monoisotopic (exact) mass is 148 g/mol. The van der Waals surface area contributed by atoms with E-state index in [1.54, 1.807) is 0 Å². The first kappa shape index (κ1) is 6.68. The van der Waals surface area contributed by atoms with Crippen LogP contribution in [-0.4, -0.2) is 19.1 Å². The highest BCUT2D eigenvalue weighted by Gasteiger charge is 2.11. The molecule has 2 aliphatic rings. The Balaban J connectivity index is 2.21. The molecule has 0 aromatic rings. The first-order valence-corrected chi connectivity index (χ1v) is 3.98. The third kappa shape index (κ3) is 1.35. The molecule has 1 heterocycles. The van der Waals surface area contributed by atoms with Crippen molar-refractivity contribution in [2.24, 2.45) is 0 Å². The molecule has 2 heteroatoms. The zero-order chi connectivity index (χ0) is 7.52. The van der Waals surface area contributed by atoms with E-state index in [-0.39, 0.29) is 0 Å². The highest BCUT2D eigenvalue weighted by molar-refractivity contribution is 5.36. The van der Waals surface area contributed by atoms with Gasteiger partial charge in [-0.1, -0.05) is 24.3 Å². The minimum Gasteiger partial charge on any atom is -0.389 e. The molecule has 0 saturated heterocycles. The van der Waals surface area contributed by atoms with Gasteiger partial charge in [-0.2, -0.15) is 0 Å². The van der Waals surface area contributed by atoms with Crippen LogP contribution in [0.4, 0.5) is 0 Å². The molecule has 0 fully saturated rings. The van der Waals surface area contributed by atoms with E-state index in [0.717, 1.165) is 13.1 Å². The van der Waals surface area contributed by atoms with Crippen molar-refractivity contribution in [3.63, 3.8) is 0 Å². The first-order valence-electron chi connectivity index (χ1n) is 3.98. The predicted octanol–water partition coefficient (Wildman–Crippen LogP) is 0.558. The third-order valence-electron chi connectivity index (χ3n) is 1.96. The van der Waals surface area contributed by atoms with E-state index in [0.29, 0.717) is 6.04 Å². The van der Waals surface area contributed by atoms with E-state index < -0.39 is 0 Å². The third-order valence-corrected chi connectivity index (χ3v) is 1.96. The fourth-order valence-electron chi connectivity index (χ4n) is 1.37. The Labute approximate surface area is 66.7 Å². The van der Waals surface area contributed by atoms with E-state index in [4.69, 9.17) is 0 Å². The highest BCUT2D eigenvalue weighted by atomic mass is 15.0. The maximum absolute atomic E-state index is 3.41. The Morgan fingerprint density at radius 2 is 2.27 bits per heavy atom. The molecule has 1 aliphatic carbocycles.